The molecule has 2 aromatic carbocycles. The summed E-state index contributed by atoms with van der Waals surface area (Å²) in [7, 11) is 2.36. The molecule has 0 bridgehead atoms. The molecule has 0 radical (unpaired) electrons. The Kier molecular flexibility index (Phi) is 8.13. The smallest absolute Gasteiger partial charge is 0.337 e. The predicted octanol–water partition coefficient (Wildman–Crippen LogP) is 3.76. The fraction of sp³-hybridized carbons (Fsp3) is 0.348. The number of rotatable bonds is 6. The number of amides is 2. The molecule has 0 saturated carbocycles. The molecule has 0 unspecified atom stereocenters. The van der Waals surface area contributed by atoms with Gasteiger partial charge in [0.1, 0.15) is 18.2 Å². The summed E-state index contributed by atoms with van der Waals surface area (Å²) in [6, 6.07) is 7.56. The van der Waals surface area contributed by atoms with Crippen molar-refractivity contribution in [3.8, 4) is 0 Å². The molecular formula is C23H19Cl4NO8. The summed E-state index contributed by atoms with van der Waals surface area (Å²) in [5.41, 5.74) is 0.204. The van der Waals surface area contributed by atoms with Gasteiger partial charge < -0.3 is 24.1 Å². The second-order valence-electron chi connectivity index (χ2n) is 7.91. The Labute approximate surface area is 225 Å². The Morgan fingerprint density at radius 3 is 2.03 bits per heavy atom. The van der Waals surface area contributed by atoms with Crippen molar-refractivity contribution in [1.29, 1.82) is 0 Å². The maximum atomic E-state index is 13.5. The number of carbonyl (C=O) groups is 3. The standard InChI is InChI=1S/C23H19Cl4NO8/c1-33-22(32)19-17(29)18(35-8-9-6-4-3-5-7-9)16(23(34-2)36-19)28-20(30)10-11(21(28)31)13(25)15(27)14(26)12(10)24/h3-7,16-19,23,29H,8H2,1-2H3/t16-,17-,18-,19-,23-/m0/s1. The minimum absolute atomic E-state index is 0.0360. The lowest BCUT2D eigenvalue weighted by Crippen LogP contribution is -2.67. The summed E-state index contributed by atoms with van der Waals surface area (Å²) in [4.78, 5) is 40.1. The van der Waals surface area contributed by atoms with E-state index in [1.54, 1.807) is 24.3 Å². The highest BCUT2D eigenvalue weighted by Gasteiger charge is 2.57. The minimum atomic E-state index is -1.65. The van der Waals surface area contributed by atoms with E-state index in [1.807, 2.05) is 6.07 Å². The van der Waals surface area contributed by atoms with Gasteiger partial charge in [0.25, 0.3) is 11.8 Å². The van der Waals surface area contributed by atoms with Crippen LogP contribution in [0, 0.1) is 0 Å². The molecule has 0 spiro atoms. The second kappa shape index (κ2) is 10.8. The highest BCUT2D eigenvalue weighted by Crippen LogP contribution is 2.46. The summed E-state index contributed by atoms with van der Waals surface area (Å²) < 4.78 is 21.7. The highest BCUT2D eigenvalue weighted by atomic mass is 35.5. The molecule has 1 fully saturated rings. The van der Waals surface area contributed by atoms with Gasteiger partial charge in [-0.05, 0) is 5.56 Å². The molecule has 13 heteroatoms. The molecule has 1 N–H and O–H groups in total. The van der Waals surface area contributed by atoms with Gasteiger partial charge >= 0.3 is 5.97 Å². The Bertz CT molecular complexity index is 1160. The number of hydrogen-bond acceptors (Lipinski definition) is 8. The topological polar surface area (TPSA) is 112 Å². The van der Waals surface area contributed by atoms with Crippen molar-refractivity contribution in [3.05, 3.63) is 67.1 Å². The monoisotopic (exact) mass is 577 g/mol. The molecule has 36 heavy (non-hydrogen) atoms. The van der Waals surface area contributed by atoms with Crippen LogP contribution in [0.3, 0.4) is 0 Å². The molecule has 2 aliphatic heterocycles. The molecule has 0 aliphatic carbocycles. The van der Waals surface area contributed by atoms with Crippen LogP contribution in [0.15, 0.2) is 30.3 Å². The number of aliphatic hydroxyl groups excluding tert-OH is 1. The van der Waals surface area contributed by atoms with E-state index in [1.165, 1.54) is 7.11 Å². The van der Waals surface area contributed by atoms with Gasteiger partial charge in [-0.15, -0.1) is 0 Å². The van der Waals surface area contributed by atoms with E-state index in [2.05, 4.69) is 0 Å². The number of benzene rings is 2. The van der Waals surface area contributed by atoms with Crippen LogP contribution in [0.1, 0.15) is 26.3 Å². The third-order valence-electron chi connectivity index (χ3n) is 5.92. The summed E-state index contributed by atoms with van der Waals surface area (Å²) in [5, 5.41) is 10.2. The zero-order valence-corrected chi connectivity index (χ0v) is 21.8. The van der Waals surface area contributed by atoms with Crippen LogP contribution < -0.4 is 0 Å². The first-order valence-electron chi connectivity index (χ1n) is 10.5. The van der Waals surface area contributed by atoms with Gasteiger partial charge in [0.05, 0.1) is 44.9 Å². The zero-order chi connectivity index (χ0) is 26.3. The Morgan fingerprint density at radius 2 is 1.53 bits per heavy atom. The first-order chi connectivity index (χ1) is 17.1. The number of hydrogen-bond donors (Lipinski definition) is 1. The van der Waals surface area contributed by atoms with Crippen LogP contribution in [-0.4, -0.2) is 72.7 Å². The molecule has 2 amide bonds. The average Bonchev–Trinajstić information content (AvgIpc) is 3.14. The molecular weight excluding hydrogens is 560 g/mol. The molecule has 4 rings (SSSR count). The third-order valence-corrected chi connectivity index (χ3v) is 7.73. The highest BCUT2D eigenvalue weighted by molar-refractivity contribution is 6.55. The van der Waals surface area contributed by atoms with E-state index < -0.39 is 48.4 Å². The molecule has 1 saturated heterocycles. The lowest BCUT2D eigenvalue weighted by atomic mass is 9.94. The van der Waals surface area contributed by atoms with Gasteiger partial charge in [0.2, 0.25) is 0 Å². The van der Waals surface area contributed by atoms with Crippen molar-refractivity contribution < 1.29 is 38.4 Å². The zero-order valence-electron chi connectivity index (χ0n) is 18.7. The van der Waals surface area contributed by atoms with Crippen molar-refractivity contribution in [2.75, 3.05) is 14.2 Å². The Hall–Kier alpha value is -1.95. The number of aliphatic hydroxyl groups is 1. The number of ether oxygens (including phenoxy) is 4. The number of imide groups is 1. The molecule has 2 aliphatic rings. The van der Waals surface area contributed by atoms with Gasteiger partial charge in [0.15, 0.2) is 12.4 Å². The van der Waals surface area contributed by atoms with Crippen LogP contribution in [-0.2, 0) is 30.3 Å². The number of esters is 1. The van der Waals surface area contributed by atoms with Crippen LogP contribution in [0.2, 0.25) is 20.1 Å². The SMILES string of the molecule is COC(=O)[C@H]1O[C@H](OC)[C@@H](N2C(=O)c3c(Cl)c(Cl)c(Cl)c(Cl)c3C2=O)[C@H](OCc2ccccc2)[C@@H]1O. The normalized spacial score (nSPS) is 25.8. The van der Waals surface area contributed by atoms with E-state index in [-0.39, 0.29) is 37.8 Å². The quantitative estimate of drug-likeness (QED) is 0.239. The number of nitrogens with zero attached hydrogens (tertiary/aromatic N) is 1. The van der Waals surface area contributed by atoms with E-state index in [0.717, 1.165) is 17.6 Å². The molecule has 2 aromatic rings. The molecule has 0 aromatic heterocycles. The maximum absolute atomic E-state index is 13.5. The van der Waals surface area contributed by atoms with Gasteiger partial charge in [-0.3, -0.25) is 14.5 Å². The fourth-order valence-corrected chi connectivity index (χ4v) is 5.22. The molecule has 2 heterocycles. The number of fused-ring (bicyclic) bond motifs is 1. The first-order valence-corrected chi connectivity index (χ1v) is 12.0. The Morgan fingerprint density at radius 1 is 0.972 bits per heavy atom. The summed E-state index contributed by atoms with van der Waals surface area (Å²) in [6.07, 6.45) is -5.93. The van der Waals surface area contributed by atoms with Gasteiger partial charge in [-0.2, -0.15) is 0 Å². The second-order valence-corrected chi connectivity index (χ2v) is 9.42. The minimum Gasteiger partial charge on any atom is -0.467 e. The summed E-state index contributed by atoms with van der Waals surface area (Å²) in [6.45, 7) is -0.0360. The number of carbonyl (C=O) groups excluding carboxylic acids is 3. The molecule has 5 atom stereocenters. The largest absolute Gasteiger partial charge is 0.467 e. The summed E-state index contributed by atoms with van der Waals surface area (Å²) in [5.74, 6) is -2.66. The van der Waals surface area contributed by atoms with Crippen LogP contribution in [0.5, 0.6) is 0 Å². The van der Waals surface area contributed by atoms with Crippen molar-refractivity contribution in [2.24, 2.45) is 0 Å². The predicted molar refractivity (Wildman–Crippen MR) is 129 cm³/mol. The molecule has 9 nitrogen and oxygen atoms in total. The van der Waals surface area contributed by atoms with Crippen LogP contribution >= 0.6 is 46.4 Å². The van der Waals surface area contributed by atoms with Crippen molar-refractivity contribution >= 4 is 64.2 Å². The van der Waals surface area contributed by atoms with Crippen molar-refractivity contribution in [1.82, 2.24) is 4.90 Å². The van der Waals surface area contributed by atoms with Crippen LogP contribution in [0.4, 0.5) is 0 Å². The van der Waals surface area contributed by atoms with Crippen molar-refractivity contribution in [3.63, 3.8) is 0 Å². The fourth-order valence-electron chi connectivity index (χ4n) is 4.21. The summed E-state index contributed by atoms with van der Waals surface area (Å²) >= 11 is 24.7. The lowest BCUT2D eigenvalue weighted by Gasteiger charge is -2.45. The first kappa shape index (κ1) is 27.1. The van der Waals surface area contributed by atoms with E-state index in [9.17, 15) is 19.5 Å². The maximum Gasteiger partial charge on any atom is 0.337 e. The van der Waals surface area contributed by atoms with Gasteiger partial charge in [-0.1, -0.05) is 76.7 Å². The lowest BCUT2D eigenvalue weighted by molar-refractivity contribution is -0.275. The number of halogens is 4. The van der Waals surface area contributed by atoms with E-state index in [0.29, 0.717) is 0 Å². The van der Waals surface area contributed by atoms with Gasteiger partial charge in [-0.25, -0.2) is 4.79 Å². The van der Waals surface area contributed by atoms with Gasteiger partial charge in [0, 0.05) is 7.11 Å². The average molecular weight is 579 g/mol. The van der Waals surface area contributed by atoms with E-state index in [4.69, 9.17) is 65.4 Å². The molecule has 192 valence electrons. The van der Waals surface area contributed by atoms with Crippen molar-refractivity contribution in [2.45, 2.75) is 37.3 Å². The third kappa shape index (κ3) is 4.48. The van der Waals surface area contributed by atoms with E-state index >= 15 is 0 Å². The number of methoxy groups -OCH3 is 2. The Balaban J connectivity index is 1.79. The van der Waals surface area contributed by atoms with Crippen LogP contribution in [0.25, 0.3) is 0 Å².